The Morgan fingerprint density at radius 1 is 0.903 bits per heavy atom. The molecule has 5 rings (SSSR count). The Bertz CT molecular complexity index is 1330. The van der Waals surface area contributed by atoms with Crippen LogP contribution in [0.3, 0.4) is 0 Å². The number of hydrogen-bond acceptors (Lipinski definition) is 3. The molecular formula is C27H21N3O. The first-order valence-corrected chi connectivity index (χ1v) is 10.2. The number of Topliss-reactive ketones (excluding diaryl/α,β-unsaturated/α-hetero) is 1. The van der Waals surface area contributed by atoms with Gasteiger partial charge in [-0.1, -0.05) is 66.7 Å². The van der Waals surface area contributed by atoms with Crippen LogP contribution in [0.2, 0.25) is 0 Å². The summed E-state index contributed by atoms with van der Waals surface area (Å²) in [6.07, 6.45) is 7.98. The number of aromatic nitrogens is 2. The molecule has 3 aromatic carbocycles. The molecule has 0 fully saturated rings. The molecule has 0 saturated carbocycles. The highest BCUT2D eigenvalue weighted by Crippen LogP contribution is 2.29. The van der Waals surface area contributed by atoms with E-state index < -0.39 is 0 Å². The number of likely N-dealkylation sites (N-methyl/N-ethyl adjacent to an activating group) is 1. The molecule has 31 heavy (non-hydrogen) atoms. The number of anilines is 1. The molecule has 4 nitrogen and oxygen atoms in total. The maximum Gasteiger partial charge on any atom is 0.196 e. The highest BCUT2D eigenvalue weighted by molar-refractivity contribution is 6.28. The van der Waals surface area contributed by atoms with Crippen LogP contribution in [0.5, 0.6) is 0 Å². The Morgan fingerprint density at radius 2 is 1.65 bits per heavy atom. The second-order valence-corrected chi connectivity index (χ2v) is 7.42. The number of fused-ring (bicyclic) bond motifs is 2. The normalized spacial score (nSPS) is 14.8. The van der Waals surface area contributed by atoms with Crippen molar-refractivity contribution in [2.45, 2.75) is 0 Å². The number of H-pyrrole nitrogens is 1. The second-order valence-electron chi connectivity index (χ2n) is 7.42. The molecule has 0 atom stereocenters. The van der Waals surface area contributed by atoms with Gasteiger partial charge in [0.2, 0.25) is 0 Å². The van der Waals surface area contributed by atoms with E-state index in [0.29, 0.717) is 17.0 Å². The molecule has 4 aromatic rings. The van der Waals surface area contributed by atoms with Crippen LogP contribution in [0, 0.1) is 0 Å². The number of imidazole rings is 1. The fourth-order valence-electron chi connectivity index (χ4n) is 3.78. The van der Waals surface area contributed by atoms with Crippen LogP contribution >= 0.6 is 0 Å². The number of carbonyl (C=O) groups excluding carboxylic acids is 1. The smallest absolute Gasteiger partial charge is 0.196 e. The minimum atomic E-state index is -0.0700. The summed E-state index contributed by atoms with van der Waals surface area (Å²) in [6.45, 7) is 0. The maximum absolute atomic E-state index is 13.4. The van der Waals surface area contributed by atoms with E-state index in [4.69, 9.17) is 0 Å². The van der Waals surface area contributed by atoms with Crippen molar-refractivity contribution >= 4 is 34.2 Å². The molecule has 0 saturated heterocycles. The molecule has 4 heteroatoms. The lowest BCUT2D eigenvalue weighted by atomic mass is 10.0. The predicted octanol–water partition coefficient (Wildman–Crippen LogP) is 5.88. The van der Waals surface area contributed by atoms with Crippen LogP contribution < -0.4 is 4.90 Å². The van der Waals surface area contributed by atoms with E-state index in [2.05, 4.69) is 39.2 Å². The Morgan fingerprint density at radius 3 is 2.48 bits per heavy atom. The summed E-state index contributed by atoms with van der Waals surface area (Å²) in [6, 6.07) is 25.3. The van der Waals surface area contributed by atoms with Gasteiger partial charge in [-0.25, -0.2) is 4.98 Å². The zero-order valence-corrected chi connectivity index (χ0v) is 17.1. The predicted molar refractivity (Wildman–Crippen MR) is 127 cm³/mol. The summed E-state index contributed by atoms with van der Waals surface area (Å²) >= 11 is 0. The van der Waals surface area contributed by atoms with Gasteiger partial charge in [0.05, 0.1) is 16.6 Å². The lowest BCUT2D eigenvalue weighted by Gasteiger charge is -2.26. The van der Waals surface area contributed by atoms with E-state index in [1.54, 1.807) is 0 Å². The van der Waals surface area contributed by atoms with E-state index >= 15 is 0 Å². The summed E-state index contributed by atoms with van der Waals surface area (Å²) in [5, 5.41) is 0. The second kappa shape index (κ2) is 7.92. The third-order valence-corrected chi connectivity index (χ3v) is 5.46. The topological polar surface area (TPSA) is 49.0 Å². The number of benzene rings is 3. The summed E-state index contributed by atoms with van der Waals surface area (Å²) in [5.41, 5.74) is 6.18. The molecular weight excluding hydrogens is 382 g/mol. The summed E-state index contributed by atoms with van der Waals surface area (Å²) in [7, 11) is 2.03. The summed E-state index contributed by atoms with van der Waals surface area (Å²) in [5.74, 6) is 0.495. The molecule has 1 aliphatic heterocycles. The number of hydrogen-bond donors (Lipinski definition) is 1. The van der Waals surface area contributed by atoms with Gasteiger partial charge in [0, 0.05) is 24.0 Å². The highest BCUT2D eigenvalue weighted by Gasteiger charge is 2.18. The Kier molecular flexibility index (Phi) is 4.81. The van der Waals surface area contributed by atoms with E-state index in [1.807, 2.05) is 85.9 Å². The van der Waals surface area contributed by atoms with Crippen molar-refractivity contribution in [1.29, 1.82) is 0 Å². The van der Waals surface area contributed by atoms with Gasteiger partial charge in [-0.15, -0.1) is 0 Å². The van der Waals surface area contributed by atoms with Gasteiger partial charge in [-0.3, -0.25) is 4.79 Å². The number of ketones is 1. The van der Waals surface area contributed by atoms with Crippen LogP contribution in [0.4, 0.5) is 5.69 Å². The van der Waals surface area contributed by atoms with Crippen molar-refractivity contribution < 1.29 is 4.79 Å². The average Bonchev–Trinajstić information content (AvgIpc) is 3.25. The molecule has 0 spiro atoms. The van der Waals surface area contributed by atoms with Gasteiger partial charge in [-0.05, 0) is 42.0 Å². The van der Waals surface area contributed by atoms with Crippen LogP contribution in [-0.2, 0) is 0 Å². The fourth-order valence-corrected chi connectivity index (χ4v) is 3.78. The van der Waals surface area contributed by atoms with E-state index in [-0.39, 0.29) is 5.78 Å². The number of rotatable bonds is 4. The highest BCUT2D eigenvalue weighted by atomic mass is 16.1. The van der Waals surface area contributed by atoms with Gasteiger partial charge in [0.1, 0.15) is 5.82 Å². The van der Waals surface area contributed by atoms with E-state index in [9.17, 15) is 4.79 Å². The van der Waals surface area contributed by atoms with Crippen molar-refractivity contribution in [2.75, 3.05) is 11.9 Å². The molecule has 0 amide bonds. The van der Waals surface area contributed by atoms with E-state index in [0.717, 1.165) is 22.4 Å². The molecule has 0 radical (unpaired) electrons. The third kappa shape index (κ3) is 3.60. The Balaban J connectivity index is 1.60. The molecule has 2 heterocycles. The van der Waals surface area contributed by atoms with Gasteiger partial charge >= 0.3 is 0 Å². The first-order valence-electron chi connectivity index (χ1n) is 10.2. The largest absolute Gasteiger partial charge is 0.344 e. The lowest BCUT2D eigenvalue weighted by molar-refractivity contribution is 0.105. The Hall–Kier alpha value is -4.18. The van der Waals surface area contributed by atoms with Crippen molar-refractivity contribution in [3.63, 3.8) is 0 Å². The fraction of sp³-hybridized carbons (Fsp3) is 0.0370. The molecule has 1 aromatic heterocycles. The van der Waals surface area contributed by atoms with Crippen molar-refractivity contribution in [3.05, 3.63) is 120 Å². The number of allylic oxidation sites excluding steroid dienone is 4. The number of carbonyl (C=O) groups is 1. The van der Waals surface area contributed by atoms with Crippen LogP contribution in [0.15, 0.2) is 103 Å². The van der Waals surface area contributed by atoms with Crippen molar-refractivity contribution in [1.82, 2.24) is 9.97 Å². The maximum atomic E-state index is 13.4. The third-order valence-electron chi connectivity index (χ3n) is 5.46. The van der Waals surface area contributed by atoms with Crippen LogP contribution in [-0.4, -0.2) is 22.8 Å². The zero-order valence-electron chi connectivity index (χ0n) is 17.1. The first kappa shape index (κ1) is 18.8. The minimum absolute atomic E-state index is 0.0700. The molecule has 0 bridgehead atoms. The molecule has 1 aliphatic rings. The number of nitrogens with zero attached hydrogens (tertiary/aromatic N) is 2. The number of para-hydroxylation sites is 3. The average molecular weight is 403 g/mol. The standard InChI is InChI=1S/C27H21N3O/c1-30-21(16-15-19-9-5-8-14-25(19)30)17-18-22(26(31)20-10-3-2-4-11-20)27-28-23-12-6-7-13-24(23)29-27/h2-18H,1H3,(H,28,29)/b21-17-,22-18-. The van der Waals surface area contributed by atoms with Crippen molar-refractivity contribution in [2.24, 2.45) is 0 Å². The Labute approximate surface area is 180 Å². The minimum Gasteiger partial charge on any atom is -0.344 e. The van der Waals surface area contributed by atoms with Gasteiger partial charge in [-0.2, -0.15) is 0 Å². The summed E-state index contributed by atoms with van der Waals surface area (Å²) in [4.78, 5) is 23.5. The van der Waals surface area contributed by atoms with Gasteiger partial charge in [0.15, 0.2) is 5.78 Å². The molecule has 150 valence electrons. The monoisotopic (exact) mass is 403 g/mol. The number of aromatic amines is 1. The number of nitrogens with one attached hydrogen (secondary N) is 1. The van der Waals surface area contributed by atoms with Crippen LogP contribution in [0.1, 0.15) is 21.7 Å². The van der Waals surface area contributed by atoms with Gasteiger partial charge < -0.3 is 9.88 Å². The molecule has 0 aliphatic carbocycles. The molecule has 0 unspecified atom stereocenters. The quantitative estimate of drug-likeness (QED) is 0.342. The zero-order chi connectivity index (χ0) is 21.2. The van der Waals surface area contributed by atoms with E-state index in [1.165, 1.54) is 5.56 Å². The van der Waals surface area contributed by atoms with Crippen molar-refractivity contribution in [3.8, 4) is 0 Å². The SMILES string of the molecule is CN1/C(=C\C=C(\C(=O)c2ccccc2)c2nc3ccccc3[nH]2)C=Cc2ccccc21. The first-order chi connectivity index (χ1) is 15.2. The summed E-state index contributed by atoms with van der Waals surface area (Å²) < 4.78 is 0. The molecule has 1 N–H and O–H groups in total. The lowest BCUT2D eigenvalue weighted by Crippen LogP contribution is -2.18. The van der Waals surface area contributed by atoms with Crippen LogP contribution in [0.25, 0.3) is 22.7 Å². The van der Waals surface area contributed by atoms with Gasteiger partial charge in [0.25, 0.3) is 0 Å².